The molecule has 2 aromatic carbocycles. The van der Waals surface area contributed by atoms with Gasteiger partial charge < -0.3 is 4.90 Å². The second-order valence-corrected chi connectivity index (χ2v) is 15.1. The molecule has 4 aromatic rings. The van der Waals surface area contributed by atoms with Gasteiger partial charge in [0.15, 0.2) is 20.7 Å². The SMILES string of the molecule is CS(=O)(=O)c1cccc(S(=O)(=O)N[C@H]2CC3=C(c4ccn(C(F)F)n4)[C@H](c4ccc(F)cc4Cl)N=C(c4nccs4)N3C2)c1. The molecule has 0 saturated carbocycles. The monoisotopic (exact) mass is 682 g/mol. The van der Waals surface area contributed by atoms with Crippen molar-refractivity contribution in [3.05, 3.63) is 99.1 Å². The van der Waals surface area contributed by atoms with Crippen LogP contribution in [0.4, 0.5) is 13.2 Å². The van der Waals surface area contributed by atoms with Crippen LogP contribution in [0.5, 0.6) is 0 Å². The Balaban J connectivity index is 1.47. The first kappa shape index (κ1) is 30.5. The Kier molecular flexibility index (Phi) is 7.90. The number of alkyl halides is 2. The minimum absolute atomic E-state index is 0.0538. The lowest BCUT2D eigenvalue weighted by atomic mass is 9.92. The van der Waals surface area contributed by atoms with Crippen LogP contribution in [0.1, 0.15) is 35.3 Å². The third-order valence-corrected chi connectivity index (χ3v) is 10.8. The summed E-state index contributed by atoms with van der Waals surface area (Å²) in [7, 11) is -7.87. The van der Waals surface area contributed by atoms with Crippen LogP contribution >= 0.6 is 22.9 Å². The van der Waals surface area contributed by atoms with Gasteiger partial charge in [-0.2, -0.15) is 13.9 Å². The highest BCUT2D eigenvalue weighted by Gasteiger charge is 2.42. The van der Waals surface area contributed by atoms with Crippen LogP contribution in [0.3, 0.4) is 0 Å². The van der Waals surface area contributed by atoms with Gasteiger partial charge in [-0.15, -0.1) is 11.3 Å². The zero-order valence-corrected chi connectivity index (χ0v) is 25.8. The summed E-state index contributed by atoms with van der Waals surface area (Å²) in [6.45, 7) is -2.83. The van der Waals surface area contributed by atoms with E-state index in [2.05, 4.69) is 14.8 Å². The molecule has 10 nitrogen and oxygen atoms in total. The molecule has 44 heavy (non-hydrogen) atoms. The number of aliphatic imine (C=N–C) groups is 1. The van der Waals surface area contributed by atoms with E-state index in [1.165, 1.54) is 47.7 Å². The Morgan fingerprint density at radius 1 is 1.09 bits per heavy atom. The number of hydrogen-bond donors (Lipinski definition) is 1. The first-order chi connectivity index (χ1) is 20.8. The van der Waals surface area contributed by atoms with Gasteiger partial charge in [-0.25, -0.2) is 35.6 Å². The summed E-state index contributed by atoms with van der Waals surface area (Å²) >= 11 is 7.77. The molecule has 2 aliphatic rings. The van der Waals surface area contributed by atoms with Crippen molar-refractivity contribution >= 4 is 54.2 Å². The summed E-state index contributed by atoms with van der Waals surface area (Å²) in [6, 6.07) is 8.52. The van der Waals surface area contributed by atoms with Crippen molar-refractivity contribution in [3.8, 4) is 0 Å². The van der Waals surface area contributed by atoms with Gasteiger partial charge in [0.2, 0.25) is 10.0 Å². The predicted octanol–water partition coefficient (Wildman–Crippen LogP) is 4.90. The normalized spacial score (nSPS) is 19.0. The van der Waals surface area contributed by atoms with E-state index in [0.29, 0.717) is 32.4 Å². The average molecular weight is 683 g/mol. The van der Waals surface area contributed by atoms with E-state index < -0.39 is 44.3 Å². The number of amidine groups is 1. The molecule has 6 rings (SSSR count). The van der Waals surface area contributed by atoms with Gasteiger partial charge >= 0.3 is 6.55 Å². The second kappa shape index (κ2) is 11.4. The molecule has 17 heteroatoms. The largest absolute Gasteiger partial charge is 0.333 e. The molecule has 0 unspecified atom stereocenters. The second-order valence-electron chi connectivity index (χ2n) is 10.1. The fourth-order valence-corrected chi connectivity index (χ4v) is 8.12. The number of nitrogens with one attached hydrogen (secondary N) is 1. The molecule has 1 fully saturated rings. The van der Waals surface area contributed by atoms with E-state index in [4.69, 9.17) is 16.6 Å². The number of hydrogen-bond acceptors (Lipinski definition) is 9. The number of rotatable bonds is 8. The molecular weight excluding hydrogens is 661 g/mol. The van der Waals surface area contributed by atoms with Crippen molar-refractivity contribution in [2.75, 3.05) is 12.8 Å². The summed E-state index contributed by atoms with van der Waals surface area (Å²) < 4.78 is 95.3. The highest BCUT2D eigenvalue weighted by atomic mass is 35.5. The minimum atomic E-state index is -4.21. The molecular formula is C27H22ClF3N6O4S3. The lowest BCUT2D eigenvalue weighted by Gasteiger charge is -2.32. The number of sulfonamides is 1. The van der Waals surface area contributed by atoms with Gasteiger partial charge in [0, 0.05) is 64.9 Å². The molecule has 0 spiro atoms. The van der Waals surface area contributed by atoms with Crippen LogP contribution in [0, 0.1) is 5.82 Å². The maximum Gasteiger partial charge on any atom is 0.333 e. The molecule has 1 N–H and O–H groups in total. The maximum absolute atomic E-state index is 14.0. The lowest BCUT2D eigenvalue weighted by Crippen LogP contribution is -2.39. The van der Waals surface area contributed by atoms with Crippen LogP contribution in [-0.2, 0) is 19.9 Å². The first-order valence-corrected chi connectivity index (χ1v) is 17.5. The van der Waals surface area contributed by atoms with Gasteiger partial charge in [0.25, 0.3) is 0 Å². The molecule has 0 bridgehead atoms. The van der Waals surface area contributed by atoms with Gasteiger partial charge in [0.05, 0.1) is 15.5 Å². The van der Waals surface area contributed by atoms with Crippen molar-refractivity contribution in [1.29, 1.82) is 0 Å². The summed E-state index contributed by atoms with van der Waals surface area (Å²) in [4.78, 5) is 10.7. The van der Waals surface area contributed by atoms with E-state index in [1.807, 2.05) is 0 Å². The predicted molar refractivity (Wildman–Crippen MR) is 158 cm³/mol. The Bertz CT molecular complexity index is 2030. The van der Waals surface area contributed by atoms with Crippen LogP contribution in [0.2, 0.25) is 5.02 Å². The van der Waals surface area contributed by atoms with Crippen LogP contribution < -0.4 is 4.72 Å². The average Bonchev–Trinajstić information content (AvgIpc) is 3.73. The highest BCUT2D eigenvalue weighted by Crippen LogP contribution is 2.46. The Labute approximate surface area is 259 Å². The zero-order chi connectivity index (χ0) is 31.4. The van der Waals surface area contributed by atoms with Crippen molar-refractivity contribution in [1.82, 2.24) is 24.4 Å². The number of nitrogens with zero attached hydrogens (tertiary/aromatic N) is 5. The van der Waals surface area contributed by atoms with Crippen molar-refractivity contribution < 1.29 is 30.0 Å². The fourth-order valence-electron chi connectivity index (χ4n) is 5.19. The van der Waals surface area contributed by atoms with E-state index in [1.54, 1.807) is 16.5 Å². The molecule has 4 heterocycles. The molecule has 0 radical (unpaired) electrons. The Morgan fingerprint density at radius 3 is 2.52 bits per heavy atom. The number of halogens is 4. The Morgan fingerprint density at radius 2 is 1.86 bits per heavy atom. The summed E-state index contributed by atoms with van der Waals surface area (Å²) in [6.07, 6.45) is 3.76. The van der Waals surface area contributed by atoms with Crippen molar-refractivity contribution in [2.24, 2.45) is 4.99 Å². The molecule has 230 valence electrons. The van der Waals surface area contributed by atoms with Crippen molar-refractivity contribution in [3.63, 3.8) is 0 Å². The molecule has 1 saturated heterocycles. The van der Waals surface area contributed by atoms with E-state index in [-0.39, 0.29) is 33.5 Å². The van der Waals surface area contributed by atoms with Crippen LogP contribution in [0.25, 0.3) is 5.57 Å². The molecule has 0 aliphatic carbocycles. The summed E-state index contributed by atoms with van der Waals surface area (Å²) in [5, 5.41) is 6.37. The third-order valence-electron chi connectivity index (χ3n) is 7.09. The number of aromatic nitrogens is 3. The van der Waals surface area contributed by atoms with Crippen LogP contribution in [0.15, 0.2) is 86.8 Å². The van der Waals surface area contributed by atoms with Gasteiger partial charge in [-0.3, -0.25) is 4.99 Å². The number of benzene rings is 2. The minimum Gasteiger partial charge on any atom is -0.326 e. The summed E-state index contributed by atoms with van der Waals surface area (Å²) in [5.74, 6) is -0.190. The van der Waals surface area contributed by atoms with E-state index in [0.717, 1.165) is 24.6 Å². The van der Waals surface area contributed by atoms with E-state index >= 15 is 0 Å². The first-order valence-electron chi connectivity index (χ1n) is 12.9. The third kappa shape index (κ3) is 5.79. The lowest BCUT2D eigenvalue weighted by molar-refractivity contribution is 0.0564. The smallest absolute Gasteiger partial charge is 0.326 e. The quantitative estimate of drug-likeness (QED) is 0.280. The maximum atomic E-state index is 14.0. The summed E-state index contributed by atoms with van der Waals surface area (Å²) in [5.41, 5.74) is 1.46. The van der Waals surface area contributed by atoms with Gasteiger partial charge in [0.1, 0.15) is 11.9 Å². The molecule has 2 aromatic heterocycles. The van der Waals surface area contributed by atoms with Crippen molar-refractivity contribution in [2.45, 2.75) is 34.8 Å². The molecule has 2 aliphatic heterocycles. The highest BCUT2D eigenvalue weighted by molar-refractivity contribution is 7.91. The topological polar surface area (TPSA) is 127 Å². The van der Waals surface area contributed by atoms with Crippen LogP contribution in [-0.4, -0.2) is 61.2 Å². The number of sulfone groups is 1. The van der Waals surface area contributed by atoms with Gasteiger partial charge in [-0.1, -0.05) is 23.7 Å². The standard InChI is InChI=1S/C27H22ClF3N6O4S3/c1-43(38,39)17-3-2-4-18(13-17)44(40,41)35-16-12-22-23(21-7-9-37(34-21)27(30)31)24(19-6-5-15(29)11-20(19)28)33-25(36(22)14-16)26-32-8-10-42-26/h2-11,13,16,24,27,35H,12,14H2,1H3/t16-,24-/m0/s1. The molecule has 0 amide bonds. The van der Waals surface area contributed by atoms with Gasteiger partial charge in [-0.05, 0) is 36.4 Å². The number of thiazole rings is 1. The zero-order valence-electron chi connectivity index (χ0n) is 22.6. The fraction of sp³-hybridized carbons (Fsp3) is 0.222. The van der Waals surface area contributed by atoms with E-state index in [9.17, 15) is 30.0 Å². The molecule has 2 atom stereocenters. The Hall–Kier alpha value is -3.57. The number of fused-ring (bicyclic) bond motifs is 1.